The Morgan fingerprint density at radius 1 is 1.28 bits per heavy atom. The molecule has 0 saturated carbocycles. The van der Waals surface area contributed by atoms with Crippen LogP contribution in [0.5, 0.6) is 0 Å². The summed E-state index contributed by atoms with van der Waals surface area (Å²) in [6.45, 7) is 1.74. The van der Waals surface area contributed by atoms with Crippen molar-refractivity contribution in [2.75, 3.05) is 11.9 Å². The van der Waals surface area contributed by atoms with Crippen LogP contribution in [0, 0.1) is 0 Å². The lowest BCUT2D eigenvalue weighted by atomic mass is 10.2. The van der Waals surface area contributed by atoms with Crippen LogP contribution in [0.3, 0.4) is 0 Å². The predicted octanol–water partition coefficient (Wildman–Crippen LogP) is 2.81. The van der Waals surface area contributed by atoms with E-state index in [-0.39, 0.29) is 23.5 Å². The van der Waals surface area contributed by atoms with Crippen LogP contribution in [0.4, 0.5) is 10.7 Å². The number of hydrogen-bond acceptors (Lipinski definition) is 6. The number of aliphatic hydroxyl groups is 1. The van der Waals surface area contributed by atoms with Crippen molar-refractivity contribution in [1.29, 1.82) is 0 Å². The Kier molecular flexibility index (Phi) is 5.15. The fourth-order valence-corrected chi connectivity index (χ4v) is 3.63. The summed E-state index contributed by atoms with van der Waals surface area (Å²) in [6.07, 6.45) is -0.631. The van der Waals surface area contributed by atoms with Crippen molar-refractivity contribution < 1.29 is 5.11 Å². The molecule has 2 aromatic heterocycles. The summed E-state index contributed by atoms with van der Waals surface area (Å²) in [5.74, 6) is 0.883. The molecule has 4 aromatic rings. The van der Waals surface area contributed by atoms with Crippen LogP contribution in [0.1, 0.15) is 12.5 Å². The standard InChI is InChI=1S/C20H20N6O2S/c1-11(27)10-22-17(21)16-19(28)26-29-20(16)23-13-8-6-12(7-9-13)18-24-14-4-2-3-5-15(14)25-18/h2-9,11,23,27H,10H2,1H3,(H2,21,22)(H,24,25)(H,26,28). The van der Waals surface area contributed by atoms with Crippen LogP contribution in [-0.4, -0.2) is 37.9 Å². The van der Waals surface area contributed by atoms with Crippen molar-refractivity contribution in [2.45, 2.75) is 13.0 Å². The van der Waals surface area contributed by atoms with Crippen molar-refractivity contribution in [1.82, 2.24) is 14.3 Å². The number of aromatic nitrogens is 3. The minimum atomic E-state index is -0.631. The molecule has 2 heterocycles. The Labute approximate surface area is 170 Å². The number of rotatable bonds is 6. The molecular formula is C20H20N6O2S. The molecule has 1 unspecified atom stereocenters. The van der Waals surface area contributed by atoms with E-state index < -0.39 is 6.10 Å². The number of nitrogens with one attached hydrogen (secondary N) is 3. The molecule has 0 fully saturated rings. The van der Waals surface area contributed by atoms with Gasteiger partial charge in [-0.2, -0.15) is 0 Å². The maximum absolute atomic E-state index is 12.1. The fourth-order valence-electron chi connectivity index (χ4n) is 2.86. The van der Waals surface area contributed by atoms with Gasteiger partial charge in [-0.15, -0.1) is 0 Å². The number of benzene rings is 2. The van der Waals surface area contributed by atoms with Crippen LogP contribution >= 0.6 is 11.5 Å². The van der Waals surface area contributed by atoms with Gasteiger partial charge >= 0.3 is 0 Å². The van der Waals surface area contributed by atoms with E-state index in [2.05, 4.69) is 24.7 Å². The molecule has 148 valence electrons. The lowest BCUT2D eigenvalue weighted by Crippen LogP contribution is -2.23. The number of nitrogens with two attached hydrogens (primary N) is 1. The number of aliphatic imine (C=N–C) groups is 1. The first-order valence-electron chi connectivity index (χ1n) is 9.03. The Hall–Kier alpha value is -3.43. The predicted molar refractivity (Wildman–Crippen MR) is 117 cm³/mol. The van der Waals surface area contributed by atoms with Crippen LogP contribution in [0.2, 0.25) is 0 Å². The largest absolute Gasteiger partial charge is 0.391 e. The molecule has 0 bridgehead atoms. The number of aromatic amines is 2. The summed E-state index contributed by atoms with van der Waals surface area (Å²) in [5.41, 5.74) is 9.56. The monoisotopic (exact) mass is 408 g/mol. The molecule has 0 amide bonds. The molecule has 0 spiro atoms. The van der Waals surface area contributed by atoms with E-state index in [1.54, 1.807) is 6.92 Å². The van der Waals surface area contributed by atoms with Gasteiger partial charge in [-0.1, -0.05) is 12.1 Å². The smallest absolute Gasteiger partial charge is 0.271 e. The highest BCUT2D eigenvalue weighted by atomic mass is 32.1. The van der Waals surface area contributed by atoms with Crippen LogP contribution in [0.15, 0.2) is 58.3 Å². The Morgan fingerprint density at radius 2 is 2.03 bits per heavy atom. The number of amidine groups is 1. The SMILES string of the molecule is CC(O)CN=C(N)c1c(Nc2ccc(-c3nc4ccccc4[nH]3)cc2)s[nH]c1=O. The summed E-state index contributed by atoms with van der Waals surface area (Å²) >= 11 is 1.15. The number of aliphatic hydroxyl groups excluding tert-OH is 1. The second-order valence-electron chi connectivity index (χ2n) is 6.62. The molecule has 0 radical (unpaired) electrons. The molecule has 0 aliphatic heterocycles. The minimum Gasteiger partial charge on any atom is -0.391 e. The number of imidazole rings is 1. The lowest BCUT2D eigenvalue weighted by molar-refractivity contribution is 0.204. The topological polar surface area (TPSA) is 132 Å². The highest BCUT2D eigenvalue weighted by Gasteiger charge is 2.15. The van der Waals surface area contributed by atoms with Crippen molar-refractivity contribution >= 4 is 39.1 Å². The number of nitrogens with zero attached hydrogens (tertiary/aromatic N) is 2. The fraction of sp³-hybridized carbons (Fsp3) is 0.150. The van der Waals surface area contributed by atoms with Gasteiger partial charge in [0.2, 0.25) is 0 Å². The van der Waals surface area contributed by atoms with Gasteiger partial charge in [-0.25, -0.2) is 4.98 Å². The van der Waals surface area contributed by atoms with E-state index in [1.165, 1.54) is 0 Å². The molecule has 0 aliphatic carbocycles. The van der Waals surface area contributed by atoms with Crippen LogP contribution in [0.25, 0.3) is 22.4 Å². The number of H-pyrrole nitrogens is 2. The maximum atomic E-state index is 12.1. The number of hydrogen-bond donors (Lipinski definition) is 5. The number of anilines is 2. The first-order valence-corrected chi connectivity index (χ1v) is 9.85. The van der Waals surface area contributed by atoms with E-state index in [9.17, 15) is 9.90 Å². The molecule has 8 nitrogen and oxygen atoms in total. The molecule has 0 aliphatic rings. The molecule has 6 N–H and O–H groups in total. The van der Waals surface area contributed by atoms with Gasteiger partial charge in [0.1, 0.15) is 22.2 Å². The maximum Gasteiger partial charge on any atom is 0.271 e. The zero-order valence-corrected chi connectivity index (χ0v) is 16.5. The van der Waals surface area contributed by atoms with Crippen molar-refractivity contribution in [3.63, 3.8) is 0 Å². The Morgan fingerprint density at radius 3 is 2.76 bits per heavy atom. The van der Waals surface area contributed by atoms with E-state index in [4.69, 9.17) is 5.73 Å². The van der Waals surface area contributed by atoms with E-state index in [1.807, 2.05) is 48.5 Å². The molecule has 0 saturated heterocycles. The molecular weight excluding hydrogens is 388 g/mol. The van der Waals surface area contributed by atoms with E-state index >= 15 is 0 Å². The summed E-state index contributed by atoms with van der Waals surface area (Å²) in [6, 6.07) is 15.6. The van der Waals surface area contributed by atoms with Gasteiger partial charge in [0.05, 0.1) is 23.7 Å². The van der Waals surface area contributed by atoms with Crippen LogP contribution in [-0.2, 0) is 0 Å². The molecule has 29 heavy (non-hydrogen) atoms. The summed E-state index contributed by atoms with van der Waals surface area (Å²) in [7, 11) is 0. The molecule has 2 aromatic carbocycles. The number of fused-ring (bicyclic) bond motifs is 1. The third kappa shape index (κ3) is 4.05. The summed E-state index contributed by atoms with van der Waals surface area (Å²) < 4.78 is 2.66. The van der Waals surface area contributed by atoms with E-state index in [0.717, 1.165) is 39.6 Å². The Balaban J connectivity index is 1.57. The highest BCUT2D eigenvalue weighted by Crippen LogP contribution is 2.26. The van der Waals surface area contributed by atoms with Crippen molar-refractivity contribution in [3.8, 4) is 11.4 Å². The normalized spacial score (nSPS) is 13.0. The van der Waals surface area contributed by atoms with Crippen LogP contribution < -0.4 is 16.6 Å². The van der Waals surface area contributed by atoms with E-state index in [0.29, 0.717) is 5.00 Å². The first-order chi connectivity index (χ1) is 14.0. The highest BCUT2D eigenvalue weighted by molar-refractivity contribution is 7.10. The second-order valence-corrected chi connectivity index (χ2v) is 7.43. The summed E-state index contributed by atoms with van der Waals surface area (Å²) in [4.78, 5) is 24.1. The Bertz CT molecular complexity index is 1190. The average molecular weight is 408 g/mol. The average Bonchev–Trinajstić information content (AvgIpc) is 3.30. The molecule has 4 rings (SSSR count). The van der Waals surface area contributed by atoms with Crippen molar-refractivity contribution in [2.24, 2.45) is 10.7 Å². The zero-order valence-electron chi connectivity index (χ0n) is 15.6. The van der Waals surface area contributed by atoms with Gasteiger partial charge in [-0.3, -0.25) is 14.2 Å². The number of para-hydroxylation sites is 2. The van der Waals surface area contributed by atoms with Gasteiger partial charge in [0.25, 0.3) is 5.56 Å². The second kappa shape index (κ2) is 7.90. The third-order valence-electron chi connectivity index (χ3n) is 4.29. The minimum absolute atomic E-state index is 0.0924. The van der Waals surface area contributed by atoms with Crippen molar-refractivity contribution in [3.05, 3.63) is 64.4 Å². The van der Waals surface area contributed by atoms with Gasteiger partial charge in [0.15, 0.2) is 0 Å². The van der Waals surface area contributed by atoms with Gasteiger partial charge in [0, 0.05) is 11.3 Å². The van der Waals surface area contributed by atoms with Gasteiger partial charge in [-0.05, 0) is 54.9 Å². The molecule has 1 atom stereocenters. The quantitative estimate of drug-likeness (QED) is 0.247. The molecule has 9 heteroatoms. The third-order valence-corrected chi connectivity index (χ3v) is 5.09. The summed E-state index contributed by atoms with van der Waals surface area (Å²) in [5, 5.41) is 13.1. The zero-order chi connectivity index (χ0) is 20.4. The van der Waals surface area contributed by atoms with Gasteiger partial charge < -0.3 is 21.1 Å². The first kappa shape index (κ1) is 18.9. The lowest BCUT2D eigenvalue weighted by Gasteiger charge is -2.07.